The van der Waals surface area contributed by atoms with Crippen LogP contribution in [0.5, 0.6) is 5.75 Å². The second-order valence-electron chi connectivity index (χ2n) is 8.17. The van der Waals surface area contributed by atoms with Crippen LogP contribution in [-0.4, -0.2) is 78.6 Å². The molecular formula is C24H28N4O4S. The van der Waals surface area contributed by atoms with Crippen LogP contribution in [0.2, 0.25) is 0 Å². The van der Waals surface area contributed by atoms with Crippen molar-refractivity contribution in [2.45, 2.75) is 6.73 Å². The van der Waals surface area contributed by atoms with Gasteiger partial charge in [0, 0.05) is 45.2 Å². The molecule has 0 atom stereocenters. The van der Waals surface area contributed by atoms with E-state index in [2.05, 4.69) is 22.1 Å². The zero-order chi connectivity index (χ0) is 23.3. The molecule has 0 bridgehead atoms. The van der Waals surface area contributed by atoms with Crippen molar-refractivity contribution >= 4 is 15.7 Å². The van der Waals surface area contributed by atoms with Crippen molar-refractivity contribution < 1.29 is 17.9 Å². The molecular weight excluding hydrogens is 440 g/mol. The molecule has 8 nitrogen and oxygen atoms in total. The highest BCUT2D eigenvalue weighted by Crippen LogP contribution is 2.22. The average Bonchev–Trinajstić information content (AvgIpc) is 3.31. The Bertz CT molecular complexity index is 1170. The highest BCUT2D eigenvalue weighted by atomic mass is 32.2. The number of nitrogens with zero attached hydrogens (tertiary/aromatic N) is 4. The van der Waals surface area contributed by atoms with Crippen LogP contribution in [0.1, 0.15) is 10.5 Å². The Hall–Kier alpha value is -3.17. The van der Waals surface area contributed by atoms with Gasteiger partial charge in [-0.3, -0.25) is 9.69 Å². The minimum absolute atomic E-state index is 0.122. The summed E-state index contributed by atoms with van der Waals surface area (Å²) in [6.07, 6.45) is 2.97. The van der Waals surface area contributed by atoms with Crippen LogP contribution >= 0.6 is 0 Å². The standard InChI is InChI=1S/C24H28N4O4S/c1-33(30,31)18-17-26-13-15-27(16-14-26)24(29)23-11-12-28(25-23)19-32-22-9-7-21(8-10-22)20-5-3-2-4-6-20/h2-12H,13-19H2,1H3. The minimum Gasteiger partial charge on any atom is -0.471 e. The maximum absolute atomic E-state index is 12.8. The number of hydrogen-bond donors (Lipinski definition) is 0. The van der Waals surface area contributed by atoms with Crippen LogP contribution in [0, 0.1) is 0 Å². The van der Waals surface area contributed by atoms with Crippen molar-refractivity contribution in [3.05, 3.63) is 72.6 Å². The maximum atomic E-state index is 12.8. The van der Waals surface area contributed by atoms with E-state index in [1.54, 1.807) is 21.8 Å². The van der Waals surface area contributed by atoms with Gasteiger partial charge in [-0.05, 0) is 29.3 Å². The first-order valence-electron chi connectivity index (χ1n) is 10.9. The molecule has 0 aliphatic carbocycles. The van der Waals surface area contributed by atoms with E-state index >= 15 is 0 Å². The van der Waals surface area contributed by atoms with Crippen LogP contribution in [0.15, 0.2) is 66.9 Å². The molecule has 2 aromatic carbocycles. The van der Waals surface area contributed by atoms with E-state index in [4.69, 9.17) is 4.74 Å². The topological polar surface area (TPSA) is 84.7 Å². The Labute approximate surface area is 194 Å². The fourth-order valence-electron chi connectivity index (χ4n) is 3.69. The van der Waals surface area contributed by atoms with Crippen molar-refractivity contribution in [2.24, 2.45) is 0 Å². The van der Waals surface area contributed by atoms with Gasteiger partial charge in [0.25, 0.3) is 5.91 Å². The number of ether oxygens (including phenoxy) is 1. The summed E-state index contributed by atoms with van der Waals surface area (Å²) < 4.78 is 30.1. The summed E-state index contributed by atoms with van der Waals surface area (Å²) in [6, 6.07) is 19.7. The number of piperazine rings is 1. The predicted octanol–water partition coefficient (Wildman–Crippen LogP) is 2.39. The molecule has 0 N–H and O–H groups in total. The Morgan fingerprint density at radius 2 is 1.61 bits per heavy atom. The van der Waals surface area contributed by atoms with Gasteiger partial charge in [-0.15, -0.1) is 0 Å². The van der Waals surface area contributed by atoms with Crippen molar-refractivity contribution in [1.29, 1.82) is 0 Å². The molecule has 4 rings (SSSR count). The normalized spacial score (nSPS) is 14.9. The zero-order valence-corrected chi connectivity index (χ0v) is 19.4. The number of carbonyl (C=O) groups is 1. The Morgan fingerprint density at radius 3 is 2.27 bits per heavy atom. The number of rotatable bonds is 8. The summed E-state index contributed by atoms with van der Waals surface area (Å²) in [7, 11) is -2.98. The van der Waals surface area contributed by atoms with Crippen molar-refractivity contribution in [3.8, 4) is 16.9 Å². The third-order valence-corrected chi connectivity index (χ3v) is 6.55. The molecule has 33 heavy (non-hydrogen) atoms. The third kappa shape index (κ3) is 6.43. The smallest absolute Gasteiger partial charge is 0.274 e. The Kier molecular flexibility index (Phi) is 7.10. The summed E-state index contributed by atoms with van der Waals surface area (Å²) in [5.41, 5.74) is 2.64. The molecule has 0 saturated carbocycles. The lowest BCUT2D eigenvalue weighted by Gasteiger charge is -2.34. The number of sulfone groups is 1. The van der Waals surface area contributed by atoms with Crippen molar-refractivity contribution in [2.75, 3.05) is 44.7 Å². The van der Waals surface area contributed by atoms with Gasteiger partial charge in [0.05, 0.1) is 5.75 Å². The van der Waals surface area contributed by atoms with Gasteiger partial charge in [-0.1, -0.05) is 42.5 Å². The van der Waals surface area contributed by atoms with E-state index in [9.17, 15) is 13.2 Å². The molecule has 0 radical (unpaired) electrons. The molecule has 174 valence electrons. The molecule has 0 spiro atoms. The van der Waals surface area contributed by atoms with E-state index < -0.39 is 9.84 Å². The van der Waals surface area contributed by atoms with Crippen LogP contribution in [0.25, 0.3) is 11.1 Å². The minimum atomic E-state index is -2.98. The van der Waals surface area contributed by atoms with Crippen LogP contribution < -0.4 is 4.74 Å². The van der Waals surface area contributed by atoms with Gasteiger partial charge in [0.15, 0.2) is 12.4 Å². The fourth-order valence-corrected chi connectivity index (χ4v) is 4.28. The summed E-state index contributed by atoms with van der Waals surface area (Å²) in [4.78, 5) is 16.6. The lowest BCUT2D eigenvalue weighted by molar-refractivity contribution is 0.0636. The maximum Gasteiger partial charge on any atom is 0.274 e. The van der Waals surface area contributed by atoms with Gasteiger partial charge < -0.3 is 9.64 Å². The van der Waals surface area contributed by atoms with Gasteiger partial charge in [-0.2, -0.15) is 5.10 Å². The highest BCUT2D eigenvalue weighted by molar-refractivity contribution is 7.90. The third-order valence-electron chi connectivity index (χ3n) is 5.62. The summed E-state index contributed by atoms with van der Waals surface area (Å²) in [6.45, 7) is 3.13. The van der Waals surface area contributed by atoms with Crippen LogP contribution in [0.3, 0.4) is 0 Å². The molecule has 1 aromatic heterocycles. The molecule has 1 aliphatic rings. The van der Waals surface area contributed by atoms with Crippen molar-refractivity contribution in [1.82, 2.24) is 19.6 Å². The molecule has 1 fully saturated rings. The SMILES string of the molecule is CS(=O)(=O)CCN1CCN(C(=O)c2ccn(COc3ccc(-c4ccccc4)cc3)n2)CC1. The van der Waals surface area contributed by atoms with E-state index in [1.807, 2.05) is 42.5 Å². The molecule has 1 aliphatic heterocycles. The lowest BCUT2D eigenvalue weighted by Crippen LogP contribution is -2.49. The monoisotopic (exact) mass is 468 g/mol. The number of benzene rings is 2. The largest absolute Gasteiger partial charge is 0.471 e. The molecule has 0 unspecified atom stereocenters. The second-order valence-corrected chi connectivity index (χ2v) is 10.4. The van der Waals surface area contributed by atoms with E-state index in [1.165, 1.54) is 6.26 Å². The van der Waals surface area contributed by atoms with E-state index in [0.29, 0.717) is 38.4 Å². The van der Waals surface area contributed by atoms with Gasteiger partial charge in [-0.25, -0.2) is 13.1 Å². The number of hydrogen-bond acceptors (Lipinski definition) is 6. The zero-order valence-electron chi connectivity index (χ0n) is 18.6. The molecule has 3 aromatic rings. The lowest BCUT2D eigenvalue weighted by atomic mass is 10.1. The first-order valence-corrected chi connectivity index (χ1v) is 12.9. The molecule has 2 heterocycles. The summed E-state index contributed by atoms with van der Waals surface area (Å²) >= 11 is 0. The first-order chi connectivity index (χ1) is 15.9. The fraction of sp³-hybridized carbons (Fsp3) is 0.333. The van der Waals surface area contributed by atoms with Crippen LogP contribution in [0.4, 0.5) is 0 Å². The average molecular weight is 469 g/mol. The molecule has 1 saturated heterocycles. The van der Waals surface area contributed by atoms with Gasteiger partial charge in [0.1, 0.15) is 15.6 Å². The summed E-state index contributed by atoms with van der Waals surface area (Å²) in [5, 5.41) is 4.36. The van der Waals surface area contributed by atoms with Crippen LogP contribution in [-0.2, 0) is 16.6 Å². The first kappa shape index (κ1) is 23.0. The van der Waals surface area contributed by atoms with Gasteiger partial charge in [0.2, 0.25) is 0 Å². The summed E-state index contributed by atoms with van der Waals surface area (Å²) in [5.74, 6) is 0.743. The second kappa shape index (κ2) is 10.2. The number of amides is 1. The highest BCUT2D eigenvalue weighted by Gasteiger charge is 2.24. The molecule has 9 heteroatoms. The van der Waals surface area contributed by atoms with E-state index in [-0.39, 0.29) is 18.4 Å². The quantitative estimate of drug-likeness (QED) is 0.505. The Balaban J connectivity index is 1.26. The van der Waals surface area contributed by atoms with Crippen molar-refractivity contribution in [3.63, 3.8) is 0 Å². The van der Waals surface area contributed by atoms with Gasteiger partial charge >= 0.3 is 0 Å². The number of aromatic nitrogens is 2. The predicted molar refractivity (Wildman–Crippen MR) is 127 cm³/mol. The van der Waals surface area contributed by atoms with E-state index in [0.717, 1.165) is 16.9 Å². The Morgan fingerprint density at radius 1 is 0.939 bits per heavy atom. The molecule has 1 amide bonds. The number of carbonyl (C=O) groups excluding carboxylic acids is 1.